The molecule has 0 spiro atoms. The zero-order valence-electron chi connectivity index (χ0n) is 7.40. The Morgan fingerprint density at radius 3 is 3.07 bits per heavy atom. The zero-order chi connectivity index (χ0) is 9.12. The lowest BCUT2D eigenvalue weighted by molar-refractivity contribution is 0.412. The molecule has 0 amide bonds. The lowest BCUT2D eigenvalue weighted by Gasteiger charge is -2.26. The molecule has 0 aromatic carbocycles. The van der Waals surface area contributed by atoms with Crippen molar-refractivity contribution in [3.63, 3.8) is 0 Å². The van der Waals surface area contributed by atoms with E-state index in [-0.39, 0.29) is 0 Å². The zero-order valence-corrected chi connectivity index (χ0v) is 7.40. The van der Waals surface area contributed by atoms with Gasteiger partial charge in [0.1, 0.15) is 0 Å². The van der Waals surface area contributed by atoms with Gasteiger partial charge in [-0.15, -0.1) is 0 Å². The van der Waals surface area contributed by atoms with Gasteiger partial charge in [0.2, 0.25) is 0 Å². The molecule has 0 bridgehead atoms. The highest BCUT2D eigenvalue weighted by atomic mass is 16.5. The van der Waals surface area contributed by atoms with Crippen LogP contribution in [0.2, 0.25) is 0 Å². The largest absolute Gasteiger partial charge is 0.356 e. The molecule has 0 aliphatic heterocycles. The van der Waals surface area contributed by atoms with Crippen molar-refractivity contribution in [2.75, 3.05) is 0 Å². The topological polar surface area (TPSA) is 26.0 Å². The maximum atomic E-state index is 5.17. The normalized spacial score (nSPS) is 25.4. The van der Waals surface area contributed by atoms with Crippen LogP contribution in [0.15, 0.2) is 46.2 Å². The second-order valence-electron chi connectivity index (χ2n) is 3.80. The Labute approximate surface area is 80.9 Å². The van der Waals surface area contributed by atoms with E-state index >= 15 is 0 Å². The minimum atomic E-state index is 0.492. The van der Waals surface area contributed by atoms with Gasteiger partial charge in [-0.25, -0.2) is 0 Å². The molecule has 4 rings (SSSR count). The molecule has 2 nitrogen and oxygen atoms in total. The highest BCUT2D eigenvalue weighted by Crippen LogP contribution is 2.50. The van der Waals surface area contributed by atoms with Gasteiger partial charge in [0.05, 0.1) is 6.20 Å². The quantitative estimate of drug-likeness (QED) is 0.614. The molecule has 2 heteroatoms. The second-order valence-corrected chi connectivity index (χ2v) is 3.80. The van der Waals surface area contributed by atoms with E-state index in [9.17, 15) is 0 Å². The van der Waals surface area contributed by atoms with Crippen LogP contribution in [-0.4, -0.2) is 5.16 Å². The van der Waals surface area contributed by atoms with E-state index in [1.807, 2.05) is 12.3 Å². The molecule has 14 heavy (non-hydrogen) atoms. The molecule has 3 aliphatic carbocycles. The van der Waals surface area contributed by atoms with Gasteiger partial charge in [0.15, 0.2) is 5.76 Å². The predicted molar refractivity (Wildman–Crippen MR) is 53.2 cm³/mol. The molecule has 0 radical (unpaired) electrons. The fourth-order valence-corrected chi connectivity index (χ4v) is 2.38. The van der Waals surface area contributed by atoms with Gasteiger partial charge in [-0.3, -0.25) is 0 Å². The van der Waals surface area contributed by atoms with E-state index in [1.165, 1.54) is 16.7 Å². The molecule has 0 unspecified atom stereocenters. The molecule has 0 saturated carbocycles. The number of rotatable bonds is 0. The summed E-state index contributed by atoms with van der Waals surface area (Å²) in [6.07, 6.45) is 12.5. The summed E-state index contributed by atoms with van der Waals surface area (Å²) >= 11 is 0. The van der Waals surface area contributed by atoms with E-state index < -0.39 is 0 Å². The number of aromatic nitrogens is 1. The van der Waals surface area contributed by atoms with Crippen molar-refractivity contribution in [1.29, 1.82) is 0 Å². The molecule has 0 N–H and O–H groups in total. The average molecular weight is 181 g/mol. The Morgan fingerprint density at radius 1 is 1.14 bits per heavy atom. The molecule has 1 atom stereocenters. The highest BCUT2D eigenvalue weighted by molar-refractivity contribution is 5.90. The lowest BCUT2D eigenvalue weighted by atomic mass is 9.76. The molecule has 0 fully saturated rings. The Kier molecular flexibility index (Phi) is 0.932. The van der Waals surface area contributed by atoms with Crippen molar-refractivity contribution in [3.8, 4) is 0 Å². The third-order valence-electron chi connectivity index (χ3n) is 3.10. The van der Waals surface area contributed by atoms with Crippen LogP contribution < -0.4 is 0 Å². The van der Waals surface area contributed by atoms with E-state index in [4.69, 9.17) is 4.52 Å². The van der Waals surface area contributed by atoms with E-state index in [0.717, 1.165) is 11.3 Å². The molecule has 1 heterocycles. The Bertz CT molecular complexity index is 555. The number of allylic oxidation sites excluding steroid dienone is 7. The van der Waals surface area contributed by atoms with Gasteiger partial charge in [-0.05, 0) is 22.8 Å². The van der Waals surface area contributed by atoms with Crippen LogP contribution in [0.25, 0.3) is 11.6 Å². The second kappa shape index (κ2) is 1.98. The number of nitrogens with zero attached hydrogens (tertiary/aromatic N) is 1. The average Bonchev–Trinajstić information content (AvgIpc) is 2.69. The SMILES string of the molecule is C1=Cc2oncc2C2=CC3=CC=C1[C@H]32. The van der Waals surface area contributed by atoms with Crippen molar-refractivity contribution in [1.82, 2.24) is 5.16 Å². The minimum absolute atomic E-state index is 0.492. The van der Waals surface area contributed by atoms with E-state index in [2.05, 4.69) is 29.5 Å². The van der Waals surface area contributed by atoms with Crippen molar-refractivity contribution in [2.45, 2.75) is 0 Å². The molecule has 0 saturated heterocycles. The summed E-state index contributed by atoms with van der Waals surface area (Å²) in [5.74, 6) is 1.37. The Balaban J connectivity index is 2.06. The lowest BCUT2D eigenvalue weighted by Crippen LogP contribution is -2.12. The van der Waals surface area contributed by atoms with Crippen molar-refractivity contribution >= 4 is 11.6 Å². The van der Waals surface area contributed by atoms with Gasteiger partial charge in [-0.2, -0.15) is 0 Å². The molecular formula is C12H7NO. The van der Waals surface area contributed by atoms with Crippen LogP contribution >= 0.6 is 0 Å². The van der Waals surface area contributed by atoms with Crippen LogP contribution in [0, 0.1) is 5.92 Å². The van der Waals surface area contributed by atoms with Gasteiger partial charge in [0.25, 0.3) is 0 Å². The number of fused-ring (bicyclic) bond motifs is 2. The summed E-state index contributed by atoms with van der Waals surface area (Å²) in [6.45, 7) is 0. The van der Waals surface area contributed by atoms with Crippen LogP contribution in [-0.2, 0) is 0 Å². The third kappa shape index (κ3) is 0.587. The minimum Gasteiger partial charge on any atom is -0.356 e. The Morgan fingerprint density at radius 2 is 2.07 bits per heavy atom. The Hall–Kier alpha value is -1.83. The molecule has 3 aliphatic rings. The summed E-state index contributed by atoms with van der Waals surface area (Å²) in [6, 6.07) is 0. The van der Waals surface area contributed by atoms with Crippen LogP contribution in [0.3, 0.4) is 0 Å². The standard InChI is InChI=1S/C12H7NO/c1-2-8-5-9-10-6-13-14-11(10)4-3-7(1)12(8)9/h1-6,12H/t12-/m1/s1. The summed E-state index contributed by atoms with van der Waals surface area (Å²) in [5, 5.41) is 3.83. The van der Waals surface area contributed by atoms with Crippen LogP contribution in [0.4, 0.5) is 0 Å². The third-order valence-corrected chi connectivity index (χ3v) is 3.10. The van der Waals surface area contributed by atoms with E-state index in [1.54, 1.807) is 0 Å². The van der Waals surface area contributed by atoms with Gasteiger partial charge < -0.3 is 4.52 Å². The highest BCUT2D eigenvalue weighted by Gasteiger charge is 2.35. The van der Waals surface area contributed by atoms with Crippen molar-refractivity contribution in [3.05, 3.63) is 53.0 Å². The first-order valence-electron chi connectivity index (χ1n) is 4.70. The monoisotopic (exact) mass is 181 g/mol. The van der Waals surface area contributed by atoms with Crippen molar-refractivity contribution in [2.24, 2.45) is 5.92 Å². The number of hydrogen-bond acceptors (Lipinski definition) is 2. The summed E-state index contributed by atoms with van der Waals surface area (Å²) in [4.78, 5) is 0. The predicted octanol–water partition coefficient (Wildman–Crippen LogP) is 2.58. The van der Waals surface area contributed by atoms with Gasteiger partial charge >= 0.3 is 0 Å². The van der Waals surface area contributed by atoms with Crippen LogP contribution in [0.1, 0.15) is 11.3 Å². The first-order chi connectivity index (χ1) is 6.93. The molecule has 1 aromatic heterocycles. The van der Waals surface area contributed by atoms with Gasteiger partial charge in [0, 0.05) is 11.5 Å². The van der Waals surface area contributed by atoms with Gasteiger partial charge in [-0.1, -0.05) is 29.5 Å². The van der Waals surface area contributed by atoms with E-state index in [0.29, 0.717) is 5.92 Å². The maximum Gasteiger partial charge on any atom is 0.167 e. The molecular weight excluding hydrogens is 174 g/mol. The molecule has 66 valence electrons. The summed E-state index contributed by atoms with van der Waals surface area (Å²) < 4.78 is 5.17. The smallest absolute Gasteiger partial charge is 0.167 e. The van der Waals surface area contributed by atoms with Crippen molar-refractivity contribution < 1.29 is 4.52 Å². The first kappa shape index (κ1) is 6.60. The molecule has 1 aromatic rings. The summed E-state index contributed by atoms with van der Waals surface area (Å²) in [7, 11) is 0. The first-order valence-corrected chi connectivity index (χ1v) is 4.70. The maximum absolute atomic E-state index is 5.17. The van der Waals surface area contributed by atoms with Crippen LogP contribution in [0.5, 0.6) is 0 Å². The fourth-order valence-electron chi connectivity index (χ4n) is 2.38. The fraction of sp³-hybridized carbons (Fsp3) is 0.0833. The summed E-state index contributed by atoms with van der Waals surface area (Å²) in [5.41, 5.74) is 5.27. The number of hydrogen-bond donors (Lipinski definition) is 0.